The molecule has 2 N–H and O–H groups in total. The van der Waals surface area contributed by atoms with Crippen LogP contribution < -0.4 is 10.2 Å². The number of rotatable bonds is 5. The van der Waals surface area contributed by atoms with Crippen molar-refractivity contribution in [3.8, 4) is 0 Å². The van der Waals surface area contributed by atoms with E-state index in [1.165, 1.54) is 18.5 Å². The van der Waals surface area contributed by atoms with Crippen LogP contribution in [0.15, 0.2) is 36.9 Å². The molecule has 3 heterocycles. The Balaban J connectivity index is 1.28. The predicted molar refractivity (Wildman–Crippen MR) is 114 cm³/mol. The van der Waals surface area contributed by atoms with Gasteiger partial charge in [0, 0.05) is 37.5 Å². The fourth-order valence-corrected chi connectivity index (χ4v) is 4.86. The zero-order chi connectivity index (χ0) is 22.3. The zero-order valence-corrected chi connectivity index (χ0v) is 17.5. The van der Waals surface area contributed by atoms with Crippen LogP contribution in [0.2, 0.25) is 0 Å². The second-order valence-corrected chi connectivity index (χ2v) is 8.68. The molecule has 1 aromatic carbocycles. The Labute approximate surface area is 183 Å². The van der Waals surface area contributed by atoms with Gasteiger partial charge in [-0.2, -0.15) is 13.2 Å². The van der Waals surface area contributed by atoms with Gasteiger partial charge < -0.3 is 19.9 Å². The summed E-state index contributed by atoms with van der Waals surface area (Å²) in [6, 6.07) is 5.68. The summed E-state index contributed by atoms with van der Waals surface area (Å²) in [5, 5.41) is 12.9. The maximum Gasteiger partial charge on any atom is 0.416 e. The monoisotopic (exact) mass is 446 g/mol. The first kappa shape index (κ1) is 21.0. The van der Waals surface area contributed by atoms with Gasteiger partial charge in [-0.05, 0) is 55.9 Å². The molecule has 10 heteroatoms. The number of benzene rings is 1. The second kappa shape index (κ2) is 8.23. The molecule has 2 aliphatic rings. The topological polar surface area (TPSA) is 79.1 Å². The summed E-state index contributed by atoms with van der Waals surface area (Å²) in [6.07, 6.45) is 2.76. The van der Waals surface area contributed by atoms with E-state index in [0.717, 1.165) is 55.7 Å². The maximum atomic E-state index is 12.8. The number of alkyl halides is 3. The lowest BCUT2D eigenvalue weighted by Crippen LogP contribution is -2.26. The molecule has 2 aromatic heterocycles. The van der Waals surface area contributed by atoms with Crippen LogP contribution in [0.25, 0.3) is 11.2 Å². The van der Waals surface area contributed by atoms with Gasteiger partial charge in [0.15, 0.2) is 11.5 Å². The van der Waals surface area contributed by atoms with Gasteiger partial charge in [0.25, 0.3) is 0 Å². The summed E-state index contributed by atoms with van der Waals surface area (Å²) in [6.45, 7) is 1.62. The third-order valence-corrected chi connectivity index (χ3v) is 6.61. The highest BCUT2D eigenvalue weighted by Crippen LogP contribution is 2.36. The summed E-state index contributed by atoms with van der Waals surface area (Å²) in [7, 11) is 0. The standard InChI is InChI=1S/C22H25F3N6O/c23-22(24,25)15-2-5-17(6-3-15)30-8-7-16(10-30)29-20-19-21(27-12-26-20)31(13-28-19)18-4-1-14(9-18)11-32/h2-3,5-6,12-14,16,18,32H,1,4,7-11H2,(H,26,27,29)/t14?,16-,18?/m0/s1. The minimum atomic E-state index is -4.33. The summed E-state index contributed by atoms with van der Waals surface area (Å²) in [4.78, 5) is 15.5. The van der Waals surface area contributed by atoms with Crippen LogP contribution in [0.3, 0.4) is 0 Å². The molecular formula is C22H25F3N6O. The van der Waals surface area contributed by atoms with E-state index in [-0.39, 0.29) is 18.7 Å². The van der Waals surface area contributed by atoms with E-state index in [2.05, 4.69) is 29.7 Å². The number of imidazole rings is 1. The summed E-state index contributed by atoms with van der Waals surface area (Å²) < 4.78 is 40.5. The van der Waals surface area contributed by atoms with Crippen molar-refractivity contribution >= 4 is 22.7 Å². The summed E-state index contributed by atoms with van der Waals surface area (Å²) in [5.74, 6) is 0.997. The van der Waals surface area contributed by atoms with Gasteiger partial charge in [-0.25, -0.2) is 15.0 Å². The van der Waals surface area contributed by atoms with Gasteiger partial charge in [-0.15, -0.1) is 0 Å². The van der Waals surface area contributed by atoms with E-state index < -0.39 is 11.7 Å². The molecule has 0 spiro atoms. The highest BCUT2D eigenvalue weighted by atomic mass is 19.4. The first-order chi connectivity index (χ1) is 15.4. The third-order valence-electron chi connectivity index (χ3n) is 6.61. The number of anilines is 2. The van der Waals surface area contributed by atoms with Gasteiger partial charge in [0.2, 0.25) is 0 Å². The van der Waals surface area contributed by atoms with Crippen LogP contribution in [0, 0.1) is 5.92 Å². The highest BCUT2D eigenvalue weighted by molar-refractivity contribution is 5.83. The van der Waals surface area contributed by atoms with Crippen molar-refractivity contribution in [2.24, 2.45) is 5.92 Å². The van der Waals surface area contributed by atoms with Gasteiger partial charge in [-0.3, -0.25) is 0 Å². The first-order valence-electron chi connectivity index (χ1n) is 10.9. The minimum absolute atomic E-state index is 0.103. The van der Waals surface area contributed by atoms with Gasteiger partial charge >= 0.3 is 6.18 Å². The lowest BCUT2D eigenvalue weighted by atomic mass is 10.1. The molecule has 3 atom stereocenters. The molecule has 2 unspecified atom stereocenters. The largest absolute Gasteiger partial charge is 0.416 e. The van der Waals surface area contributed by atoms with E-state index in [1.807, 2.05) is 0 Å². The molecule has 5 rings (SSSR count). The van der Waals surface area contributed by atoms with Gasteiger partial charge in [0.05, 0.1) is 11.9 Å². The Bertz CT molecular complexity index is 1080. The number of aliphatic hydroxyl groups excluding tert-OH is 1. The summed E-state index contributed by atoms with van der Waals surface area (Å²) >= 11 is 0. The Morgan fingerprint density at radius 3 is 2.59 bits per heavy atom. The number of hydrogen-bond donors (Lipinski definition) is 2. The Morgan fingerprint density at radius 2 is 1.88 bits per heavy atom. The smallest absolute Gasteiger partial charge is 0.396 e. The fraction of sp³-hybridized carbons (Fsp3) is 0.500. The van der Waals surface area contributed by atoms with Crippen LogP contribution in [-0.4, -0.2) is 50.4 Å². The number of nitrogens with one attached hydrogen (secondary N) is 1. The molecule has 1 aliphatic heterocycles. The van der Waals surface area contributed by atoms with Gasteiger partial charge in [-0.1, -0.05) is 0 Å². The van der Waals surface area contributed by atoms with Crippen molar-refractivity contribution in [1.29, 1.82) is 0 Å². The van der Waals surface area contributed by atoms with E-state index >= 15 is 0 Å². The van der Waals surface area contributed by atoms with Crippen molar-refractivity contribution in [3.05, 3.63) is 42.5 Å². The Hall–Kier alpha value is -2.88. The van der Waals surface area contributed by atoms with Crippen LogP contribution in [0.5, 0.6) is 0 Å². The molecule has 0 amide bonds. The van der Waals surface area contributed by atoms with E-state index in [9.17, 15) is 18.3 Å². The second-order valence-electron chi connectivity index (χ2n) is 8.68. The molecule has 2 fully saturated rings. The fourth-order valence-electron chi connectivity index (χ4n) is 4.86. The average Bonchev–Trinajstić information content (AvgIpc) is 3.52. The van der Waals surface area contributed by atoms with E-state index in [0.29, 0.717) is 23.8 Å². The number of aliphatic hydroxyl groups is 1. The normalized spacial score (nSPS) is 23.9. The van der Waals surface area contributed by atoms with Crippen LogP contribution >= 0.6 is 0 Å². The number of aromatic nitrogens is 4. The van der Waals surface area contributed by atoms with Crippen LogP contribution in [0.4, 0.5) is 24.7 Å². The van der Waals surface area contributed by atoms with Crippen molar-refractivity contribution < 1.29 is 18.3 Å². The van der Waals surface area contributed by atoms with Crippen LogP contribution in [0.1, 0.15) is 37.3 Å². The van der Waals surface area contributed by atoms with Gasteiger partial charge in [0.1, 0.15) is 11.8 Å². The quantitative estimate of drug-likeness (QED) is 0.620. The number of halogens is 3. The minimum Gasteiger partial charge on any atom is -0.396 e. The Kier molecular flexibility index (Phi) is 5.40. The molecule has 1 aliphatic carbocycles. The number of fused-ring (bicyclic) bond motifs is 1. The van der Waals surface area contributed by atoms with E-state index in [4.69, 9.17) is 0 Å². The number of hydrogen-bond acceptors (Lipinski definition) is 6. The lowest BCUT2D eigenvalue weighted by molar-refractivity contribution is -0.137. The molecule has 1 saturated heterocycles. The van der Waals surface area contributed by atoms with Crippen molar-refractivity contribution in [1.82, 2.24) is 19.5 Å². The predicted octanol–water partition coefficient (Wildman–Crippen LogP) is 3.87. The summed E-state index contributed by atoms with van der Waals surface area (Å²) in [5.41, 5.74) is 1.64. The molecular weight excluding hydrogens is 421 g/mol. The van der Waals surface area contributed by atoms with Crippen molar-refractivity contribution in [2.45, 2.75) is 43.9 Å². The van der Waals surface area contributed by atoms with Crippen molar-refractivity contribution in [3.63, 3.8) is 0 Å². The zero-order valence-electron chi connectivity index (χ0n) is 17.5. The molecule has 0 bridgehead atoms. The van der Waals surface area contributed by atoms with Crippen LogP contribution in [-0.2, 0) is 6.18 Å². The molecule has 32 heavy (non-hydrogen) atoms. The molecule has 3 aromatic rings. The van der Waals surface area contributed by atoms with Crippen molar-refractivity contribution in [2.75, 3.05) is 29.9 Å². The number of nitrogens with zero attached hydrogens (tertiary/aromatic N) is 5. The molecule has 170 valence electrons. The maximum absolute atomic E-state index is 12.8. The Morgan fingerprint density at radius 1 is 1.06 bits per heavy atom. The third kappa shape index (κ3) is 3.99. The first-order valence-corrected chi connectivity index (χ1v) is 10.9. The lowest BCUT2D eigenvalue weighted by Gasteiger charge is -2.20. The molecule has 0 radical (unpaired) electrons. The average molecular weight is 446 g/mol. The van der Waals surface area contributed by atoms with E-state index in [1.54, 1.807) is 6.33 Å². The molecule has 7 nitrogen and oxygen atoms in total. The SMILES string of the molecule is OCC1CCC(n2cnc3c(N[C@H]4CCN(c5ccc(C(F)(F)F)cc5)C4)ncnc32)C1. The molecule has 1 saturated carbocycles. The highest BCUT2D eigenvalue weighted by Gasteiger charge is 2.31.